The van der Waals surface area contributed by atoms with Crippen LogP contribution >= 0.6 is 0 Å². The number of hydrogen-bond acceptors (Lipinski definition) is 4. The van der Waals surface area contributed by atoms with Gasteiger partial charge in [0.15, 0.2) is 0 Å². The van der Waals surface area contributed by atoms with Crippen LogP contribution in [0.4, 0.5) is 0 Å². The fourth-order valence-electron chi connectivity index (χ4n) is 3.20. The summed E-state index contributed by atoms with van der Waals surface area (Å²) >= 11 is 0. The third-order valence-electron chi connectivity index (χ3n) is 4.91. The second kappa shape index (κ2) is 7.13. The number of carbonyl (C=O) groups excluding carboxylic acids is 1. The van der Waals surface area contributed by atoms with Crippen molar-refractivity contribution in [3.05, 3.63) is 29.8 Å². The first-order chi connectivity index (χ1) is 11.6. The van der Waals surface area contributed by atoms with Crippen LogP contribution in [-0.4, -0.2) is 61.3 Å². The minimum atomic E-state index is -3.57. The van der Waals surface area contributed by atoms with Gasteiger partial charge in [0, 0.05) is 26.7 Å². The molecule has 0 radical (unpaired) electrons. The van der Waals surface area contributed by atoms with Crippen LogP contribution in [0.5, 0.6) is 0 Å². The summed E-state index contributed by atoms with van der Waals surface area (Å²) < 4.78 is 25.3. The lowest BCUT2D eigenvalue weighted by Crippen LogP contribution is -2.56. The van der Waals surface area contributed by atoms with Gasteiger partial charge in [-0.2, -0.15) is 0 Å². The Labute approximate surface area is 148 Å². The predicted molar refractivity (Wildman–Crippen MR) is 92.9 cm³/mol. The highest BCUT2D eigenvalue weighted by atomic mass is 32.2. The summed E-state index contributed by atoms with van der Waals surface area (Å²) in [6.45, 7) is 0. The molecular formula is C17H24N2O5S. The predicted octanol–water partition coefficient (Wildman–Crippen LogP) is 1.80. The summed E-state index contributed by atoms with van der Waals surface area (Å²) in [6.07, 6.45) is 3.36. The summed E-state index contributed by atoms with van der Waals surface area (Å²) in [7, 11) is 0.800. The second-order valence-electron chi connectivity index (χ2n) is 6.57. The standard InChI is InChI=1S/C17H24N2O5S/c1-18(2)25(23,24)14-9-7-13(8-10-14)15(20)19(3)17(16(21)22)11-5-4-6-12-17/h7-10H,4-6,11-12H2,1-3H3,(H,21,22). The van der Waals surface area contributed by atoms with E-state index in [1.807, 2.05) is 0 Å². The Hall–Kier alpha value is -1.93. The van der Waals surface area contributed by atoms with Crippen LogP contribution in [0.25, 0.3) is 0 Å². The maximum atomic E-state index is 12.8. The number of carbonyl (C=O) groups is 2. The topological polar surface area (TPSA) is 95.0 Å². The van der Waals surface area contributed by atoms with Crippen molar-refractivity contribution in [3.63, 3.8) is 0 Å². The van der Waals surface area contributed by atoms with E-state index in [1.54, 1.807) is 0 Å². The Morgan fingerprint density at radius 2 is 1.52 bits per heavy atom. The highest BCUT2D eigenvalue weighted by molar-refractivity contribution is 7.89. The third-order valence-corrected chi connectivity index (χ3v) is 6.73. The van der Waals surface area contributed by atoms with E-state index in [4.69, 9.17) is 0 Å². The van der Waals surface area contributed by atoms with Crippen LogP contribution in [0.1, 0.15) is 42.5 Å². The van der Waals surface area contributed by atoms with Crippen molar-refractivity contribution in [2.75, 3.05) is 21.1 Å². The van der Waals surface area contributed by atoms with Crippen LogP contribution in [0, 0.1) is 0 Å². The largest absolute Gasteiger partial charge is 0.479 e. The van der Waals surface area contributed by atoms with Crippen molar-refractivity contribution in [2.24, 2.45) is 0 Å². The monoisotopic (exact) mass is 368 g/mol. The lowest BCUT2D eigenvalue weighted by Gasteiger charge is -2.41. The molecule has 0 saturated heterocycles. The normalized spacial score (nSPS) is 17.3. The molecule has 1 aliphatic carbocycles. The van der Waals surface area contributed by atoms with Crippen LogP contribution < -0.4 is 0 Å². The molecule has 1 fully saturated rings. The van der Waals surface area contributed by atoms with Gasteiger partial charge in [0.2, 0.25) is 10.0 Å². The fraction of sp³-hybridized carbons (Fsp3) is 0.529. The molecule has 1 aliphatic rings. The maximum Gasteiger partial charge on any atom is 0.329 e. The minimum absolute atomic E-state index is 0.0855. The molecule has 0 heterocycles. The van der Waals surface area contributed by atoms with E-state index in [2.05, 4.69) is 0 Å². The molecule has 25 heavy (non-hydrogen) atoms. The zero-order chi connectivity index (χ0) is 18.8. The number of nitrogens with zero attached hydrogens (tertiary/aromatic N) is 2. The van der Waals surface area contributed by atoms with E-state index in [0.29, 0.717) is 12.8 Å². The molecule has 0 aromatic heterocycles. The Morgan fingerprint density at radius 1 is 1.00 bits per heavy atom. The number of hydrogen-bond donors (Lipinski definition) is 1. The number of rotatable bonds is 5. The first-order valence-corrected chi connectivity index (χ1v) is 9.61. The number of benzene rings is 1. The Kier molecular flexibility index (Phi) is 5.53. The number of amides is 1. The SMILES string of the molecule is CN(C(=O)c1ccc(S(=O)(=O)N(C)C)cc1)C1(C(=O)O)CCCCC1. The number of sulfonamides is 1. The summed E-state index contributed by atoms with van der Waals surface area (Å²) in [6, 6.07) is 5.58. The lowest BCUT2D eigenvalue weighted by molar-refractivity contribution is -0.151. The smallest absolute Gasteiger partial charge is 0.329 e. The van der Waals surface area contributed by atoms with Gasteiger partial charge in [-0.3, -0.25) is 4.79 Å². The highest BCUT2D eigenvalue weighted by Crippen LogP contribution is 2.34. The molecule has 0 spiro atoms. The third kappa shape index (κ3) is 3.55. The molecule has 7 nitrogen and oxygen atoms in total. The molecule has 1 amide bonds. The van der Waals surface area contributed by atoms with E-state index in [0.717, 1.165) is 23.6 Å². The van der Waals surface area contributed by atoms with E-state index in [9.17, 15) is 23.1 Å². The fourth-order valence-corrected chi connectivity index (χ4v) is 4.10. The summed E-state index contributed by atoms with van der Waals surface area (Å²) in [5.74, 6) is -1.41. The molecule has 1 aromatic rings. The molecule has 1 N–H and O–H groups in total. The molecule has 0 atom stereocenters. The van der Waals surface area contributed by atoms with E-state index < -0.39 is 27.4 Å². The van der Waals surface area contributed by atoms with Crippen LogP contribution in [0.2, 0.25) is 0 Å². The quantitative estimate of drug-likeness (QED) is 0.855. The van der Waals surface area contributed by atoms with E-state index >= 15 is 0 Å². The zero-order valence-corrected chi connectivity index (χ0v) is 15.5. The number of carboxylic acid groups (broad SMARTS) is 1. The molecule has 2 rings (SSSR count). The molecule has 0 unspecified atom stereocenters. The Balaban J connectivity index is 2.29. The van der Waals surface area contributed by atoms with Crippen molar-refractivity contribution in [2.45, 2.75) is 42.5 Å². The molecular weight excluding hydrogens is 344 g/mol. The van der Waals surface area contributed by atoms with Crippen LogP contribution in [-0.2, 0) is 14.8 Å². The molecule has 1 aromatic carbocycles. The van der Waals surface area contributed by atoms with Crippen molar-refractivity contribution >= 4 is 21.9 Å². The Morgan fingerprint density at radius 3 is 1.96 bits per heavy atom. The molecule has 8 heteroatoms. The molecule has 1 saturated carbocycles. The van der Waals surface area contributed by atoms with Gasteiger partial charge in [-0.05, 0) is 37.1 Å². The minimum Gasteiger partial charge on any atom is -0.479 e. The van der Waals surface area contributed by atoms with Gasteiger partial charge in [0.05, 0.1) is 4.90 Å². The van der Waals surface area contributed by atoms with Gasteiger partial charge >= 0.3 is 5.97 Å². The van der Waals surface area contributed by atoms with E-state index in [-0.39, 0.29) is 10.5 Å². The maximum absolute atomic E-state index is 12.8. The number of aliphatic carboxylic acids is 1. The zero-order valence-electron chi connectivity index (χ0n) is 14.7. The first kappa shape index (κ1) is 19.4. The number of likely N-dealkylation sites (N-methyl/N-ethyl adjacent to an activating group) is 1. The average molecular weight is 368 g/mol. The summed E-state index contributed by atoms with van der Waals surface area (Å²) in [5, 5.41) is 9.69. The van der Waals surface area contributed by atoms with E-state index in [1.165, 1.54) is 50.3 Å². The molecule has 0 bridgehead atoms. The summed E-state index contributed by atoms with van der Waals surface area (Å²) in [5.41, 5.74) is -0.921. The molecule has 0 aliphatic heterocycles. The second-order valence-corrected chi connectivity index (χ2v) is 8.73. The van der Waals surface area contributed by atoms with Crippen LogP contribution in [0.3, 0.4) is 0 Å². The van der Waals surface area contributed by atoms with Crippen molar-refractivity contribution in [1.82, 2.24) is 9.21 Å². The van der Waals surface area contributed by atoms with Gasteiger partial charge in [0.25, 0.3) is 5.91 Å². The molecule has 138 valence electrons. The van der Waals surface area contributed by atoms with Crippen molar-refractivity contribution in [3.8, 4) is 0 Å². The lowest BCUT2D eigenvalue weighted by atomic mass is 9.80. The Bertz CT molecular complexity index is 750. The van der Waals surface area contributed by atoms with Crippen LogP contribution in [0.15, 0.2) is 29.2 Å². The highest BCUT2D eigenvalue weighted by Gasteiger charge is 2.45. The van der Waals surface area contributed by atoms with Crippen molar-refractivity contribution in [1.29, 1.82) is 0 Å². The van der Waals surface area contributed by atoms with Gasteiger partial charge in [-0.1, -0.05) is 19.3 Å². The van der Waals surface area contributed by atoms with Gasteiger partial charge < -0.3 is 10.0 Å². The summed E-state index contributed by atoms with van der Waals surface area (Å²) in [4.78, 5) is 26.0. The first-order valence-electron chi connectivity index (χ1n) is 8.17. The van der Waals surface area contributed by atoms with Gasteiger partial charge in [-0.25, -0.2) is 17.5 Å². The van der Waals surface area contributed by atoms with Gasteiger partial charge in [-0.15, -0.1) is 0 Å². The van der Waals surface area contributed by atoms with Crippen molar-refractivity contribution < 1.29 is 23.1 Å². The number of carboxylic acids is 1. The van der Waals surface area contributed by atoms with Gasteiger partial charge in [0.1, 0.15) is 5.54 Å². The average Bonchev–Trinajstić information content (AvgIpc) is 2.60.